The lowest BCUT2D eigenvalue weighted by Gasteiger charge is -2.10. The van der Waals surface area contributed by atoms with Gasteiger partial charge in [0.25, 0.3) is 5.69 Å². The van der Waals surface area contributed by atoms with Crippen LogP contribution in [0.3, 0.4) is 0 Å². The van der Waals surface area contributed by atoms with Crippen LogP contribution < -0.4 is 0 Å². The Balaban J connectivity index is 2.68. The molecule has 0 aliphatic rings. The van der Waals surface area contributed by atoms with E-state index < -0.39 is 10.9 Å². The summed E-state index contributed by atoms with van der Waals surface area (Å²) in [4.78, 5) is 22.2. The first-order valence-electron chi connectivity index (χ1n) is 6.38. The van der Waals surface area contributed by atoms with Gasteiger partial charge in [-0.25, -0.2) is 4.79 Å². The zero-order chi connectivity index (χ0) is 15.6. The normalized spacial score (nSPS) is 10.2. The van der Waals surface area contributed by atoms with Crippen molar-refractivity contribution in [3.05, 3.63) is 63.2 Å². The van der Waals surface area contributed by atoms with Crippen molar-refractivity contribution in [1.29, 1.82) is 0 Å². The fourth-order valence-corrected chi connectivity index (χ4v) is 2.17. The van der Waals surface area contributed by atoms with Crippen LogP contribution in [0.1, 0.15) is 21.5 Å². The molecule has 0 aromatic heterocycles. The smallest absolute Gasteiger partial charge is 0.338 e. The van der Waals surface area contributed by atoms with E-state index in [4.69, 9.17) is 0 Å². The van der Waals surface area contributed by atoms with E-state index in [2.05, 4.69) is 4.74 Å². The minimum absolute atomic E-state index is 0.131. The van der Waals surface area contributed by atoms with Gasteiger partial charge in [-0.3, -0.25) is 10.1 Å². The minimum Gasteiger partial charge on any atom is -0.465 e. The quantitative estimate of drug-likeness (QED) is 0.490. The van der Waals surface area contributed by atoms with Gasteiger partial charge in [0.05, 0.1) is 17.6 Å². The Hall–Kier alpha value is -2.69. The molecule has 108 valence electrons. The fraction of sp³-hybridized carbons (Fsp3) is 0.188. The summed E-state index contributed by atoms with van der Waals surface area (Å²) in [5.41, 5.74) is 3.64. The minimum atomic E-state index is -0.592. The van der Waals surface area contributed by atoms with E-state index in [-0.39, 0.29) is 11.3 Å². The first kappa shape index (κ1) is 14.7. The molecule has 0 bridgehead atoms. The Morgan fingerprint density at radius 1 is 1.19 bits per heavy atom. The molecule has 0 aliphatic heterocycles. The average molecular weight is 285 g/mol. The molecule has 0 radical (unpaired) electrons. The molecule has 0 atom stereocenters. The third kappa shape index (κ3) is 2.91. The Kier molecular flexibility index (Phi) is 4.03. The van der Waals surface area contributed by atoms with E-state index in [9.17, 15) is 14.9 Å². The highest BCUT2D eigenvalue weighted by Gasteiger charge is 2.16. The molecule has 5 heteroatoms. The van der Waals surface area contributed by atoms with Gasteiger partial charge in [-0.2, -0.15) is 0 Å². The van der Waals surface area contributed by atoms with Gasteiger partial charge in [0.15, 0.2) is 0 Å². The molecular formula is C16H15NO4. The van der Waals surface area contributed by atoms with Gasteiger partial charge in [0.2, 0.25) is 0 Å². The highest BCUT2D eigenvalue weighted by molar-refractivity contribution is 5.92. The molecule has 2 rings (SSSR count). The number of hydrogen-bond donors (Lipinski definition) is 0. The molecule has 5 nitrogen and oxygen atoms in total. The van der Waals surface area contributed by atoms with Crippen molar-refractivity contribution in [3.8, 4) is 11.1 Å². The summed E-state index contributed by atoms with van der Waals surface area (Å²) in [5, 5.41) is 11.1. The van der Waals surface area contributed by atoms with Crippen LogP contribution in [0.2, 0.25) is 0 Å². The predicted octanol–water partition coefficient (Wildman–Crippen LogP) is 3.67. The van der Waals surface area contributed by atoms with Crippen LogP contribution in [0.4, 0.5) is 5.69 Å². The maximum Gasteiger partial charge on any atom is 0.338 e. The summed E-state index contributed by atoms with van der Waals surface area (Å²) in [6.07, 6.45) is 0. The molecule has 0 aliphatic carbocycles. The van der Waals surface area contributed by atoms with Gasteiger partial charge in [0.1, 0.15) is 0 Å². The molecule has 0 spiro atoms. The number of aryl methyl sites for hydroxylation is 1. The highest BCUT2D eigenvalue weighted by Crippen LogP contribution is 2.30. The summed E-state index contributed by atoms with van der Waals surface area (Å²) in [5.74, 6) is -0.592. The van der Waals surface area contributed by atoms with Crippen LogP contribution in [0.15, 0.2) is 36.4 Å². The van der Waals surface area contributed by atoms with Crippen LogP contribution in [0, 0.1) is 24.0 Å². The summed E-state index contributed by atoms with van der Waals surface area (Å²) < 4.78 is 4.65. The number of benzene rings is 2. The van der Waals surface area contributed by atoms with Crippen molar-refractivity contribution in [2.45, 2.75) is 13.8 Å². The van der Waals surface area contributed by atoms with Gasteiger partial charge >= 0.3 is 5.97 Å². The number of nitro benzene ring substituents is 1. The van der Waals surface area contributed by atoms with Crippen molar-refractivity contribution >= 4 is 11.7 Å². The maximum atomic E-state index is 11.7. The van der Waals surface area contributed by atoms with Gasteiger partial charge in [0, 0.05) is 12.1 Å². The second-order valence-corrected chi connectivity index (χ2v) is 4.76. The lowest BCUT2D eigenvalue weighted by Crippen LogP contribution is -2.03. The molecule has 0 amide bonds. The summed E-state index contributed by atoms with van der Waals surface area (Å²) in [7, 11) is 1.25. The summed E-state index contributed by atoms with van der Waals surface area (Å²) >= 11 is 0. The third-order valence-corrected chi connectivity index (χ3v) is 3.47. The lowest BCUT2D eigenvalue weighted by molar-refractivity contribution is -0.384. The summed E-state index contributed by atoms with van der Waals surface area (Å²) in [6.45, 7) is 3.92. The number of carbonyl (C=O) groups is 1. The summed E-state index contributed by atoms with van der Waals surface area (Å²) in [6, 6.07) is 10.0. The second kappa shape index (κ2) is 5.75. The van der Waals surface area contributed by atoms with E-state index in [0.717, 1.165) is 16.7 Å². The molecule has 0 heterocycles. The molecular weight excluding hydrogens is 270 g/mol. The number of ether oxygens (including phenoxy) is 1. The van der Waals surface area contributed by atoms with E-state index in [1.165, 1.54) is 19.2 Å². The van der Waals surface area contributed by atoms with Crippen molar-refractivity contribution in [3.63, 3.8) is 0 Å². The first-order chi connectivity index (χ1) is 9.93. The van der Waals surface area contributed by atoms with Crippen molar-refractivity contribution < 1.29 is 14.5 Å². The van der Waals surface area contributed by atoms with E-state index in [1.807, 2.05) is 32.0 Å². The number of methoxy groups -OCH3 is 1. The van der Waals surface area contributed by atoms with Crippen LogP contribution in [-0.2, 0) is 4.74 Å². The van der Waals surface area contributed by atoms with Crippen molar-refractivity contribution in [2.24, 2.45) is 0 Å². The largest absolute Gasteiger partial charge is 0.465 e. The number of nitro groups is 1. The van der Waals surface area contributed by atoms with Crippen LogP contribution in [0.5, 0.6) is 0 Å². The first-order valence-corrected chi connectivity index (χ1v) is 6.38. The van der Waals surface area contributed by atoms with Gasteiger partial charge in [-0.05, 0) is 42.2 Å². The molecule has 0 N–H and O–H groups in total. The third-order valence-electron chi connectivity index (χ3n) is 3.47. The maximum absolute atomic E-state index is 11.7. The van der Waals surface area contributed by atoms with Crippen LogP contribution >= 0.6 is 0 Å². The van der Waals surface area contributed by atoms with Gasteiger partial charge in [-0.15, -0.1) is 0 Å². The van der Waals surface area contributed by atoms with Crippen molar-refractivity contribution in [2.75, 3.05) is 7.11 Å². The van der Waals surface area contributed by atoms with Gasteiger partial charge < -0.3 is 4.74 Å². The predicted molar refractivity (Wildman–Crippen MR) is 79.3 cm³/mol. The molecule has 2 aromatic carbocycles. The fourth-order valence-electron chi connectivity index (χ4n) is 2.17. The monoisotopic (exact) mass is 285 g/mol. The Morgan fingerprint density at radius 3 is 2.52 bits per heavy atom. The topological polar surface area (TPSA) is 69.4 Å². The van der Waals surface area contributed by atoms with Gasteiger partial charge in [-0.1, -0.05) is 18.2 Å². The number of rotatable bonds is 3. The molecule has 0 unspecified atom stereocenters. The van der Waals surface area contributed by atoms with Crippen LogP contribution in [-0.4, -0.2) is 18.0 Å². The van der Waals surface area contributed by atoms with E-state index in [0.29, 0.717) is 5.56 Å². The zero-order valence-electron chi connectivity index (χ0n) is 12.0. The Bertz CT molecular complexity index is 722. The molecule has 0 saturated carbocycles. The SMILES string of the molecule is COC(=O)c1cc(-c2cccc(C)c2C)cc([N+](=O)[O-])c1. The standard InChI is InChI=1S/C16H15NO4/c1-10-5-4-6-15(11(10)2)12-7-13(16(18)21-3)9-14(8-12)17(19)20/h4-9H,1-3H3. The second-order valence-electron chi connectivity index (χ2n) is 4.76. The number of hydrogen-bond acceptors (Lipinski definition) is 4. The van der Waals surface area contributed by atoms with Crippen LogP contribution in [0.25, 0.3) is 11.1 Å². The zero-order valence-corrected chi connectivity index (χ0v) is 12.0. The molecule has 2 aromatic rings. The lowest BCUT2D eigenvalue weighted by atomic mass is 9.95. The van der Waals surface area contributed by atoms with E-state index in [1.54, 1.807) is 6.07 Å². The number of carbonyl (C=O) groups excluding carboxylic acids is 1. The Labute approximate surface area is 122 Å². The molecule has 0 saturated heterocycles. The number of non-ortho nitro benzene ring substituents is 1. The molecule has 21 heavy (non-hydrogen) atoms. The Morgan fingerprint density at radius 2 is 1.90 bits per heavy atom. The number of nitrogens with zero attached hydrogens (tertiary/aromatic N) is 1. The highest BCUT2D eigenvalue weighted by atomic mass is 16.6. The van der Waals surface area contributed by atoms with E-state index >= 15 is 0 Å². The average Bonchev–Trinajstić information content (AvgIpc) is 2.48. The molecule has 0 fully saturated rings. The number of esters is 1. The van der Waals surface area contributed by atoms with Crippen molar-refractivity contribution in [1.82, 2.24) is 0 Å².